The van der Waals surface area contributed by atoms with Crippen LogP contribution < -0.4 is 0 Å². The highest BCUT2D eigenvalue weighted by Crippen LogP contribution is 2.17. The van der Waals surface area contributed by atoms with Gasteiger partial charge in [0.05, 0.1) is 19.3 Å². The van der Waals surface area contributed by atoms with Crippen LogP contribution >= 0.6 is 23.2 Å². The molecule has 0 bridgehead atoms. The van der Waals surface area contributed by atoms with Crippen LogP contribution in [0.15, 0.2) is 12.2 Å². The van der Waals surface area contributed by atoms with Crippen LogP contribution in [0.5, 0.6) is 0 Å². The van der Waals surface area contributed by atoms with Gasteiger partial charge >= 0.3 is 0 Å². The minimum absolute atomic E-state index is 0.0368. The van der Waals surface area contributed by atoms with Crippen molar-refractivity contribution in [3.8, 4) is 0 Å². The third-order valence-electron chi connectivity index (χ3n) is 5.24. The highest BCUT2D eigenvalue weighted by atomic mass is 35.5. The van der Waals surface area contributed by atoms with Gasteiger partial charge in [-0.25, -0.2) is 0 Å². The summed E-state index contributed by atoms with van der Waals surface area (Å²) in [4.78, 5) is 13.7. The molecule has 0 aromatic heterocycles. The first kappa shape index (κ1) is 28.7. The van der Waals surface area contributed by atoms with E-state index in [1.165, 1.54) is 32.1 Å². The Bertz CT molecular complexity index is 408. The van der Waals surface area contributed by atoms with Crippen LogP contribution in [0.25, 0.3) is 0 Å². The van der Waals surface area contributed by atoms with E-state index in [9.17, 15) is 9.90 Å². The lowest BCUT2D eigenvalue weighted by Crippen LogP contribution is -2.42. The average Bonchev–Trinajstić information content (AvgIpc) is 2.72. The SMILES string of the molecule is COC[C@H](CO)N(C)C(=O)CC/C=C/CCCC[C@@H](Cl)CCCCCCCCCl. The zero-order chi connectivity index (χ0) is 21.7. The summed E-state index contributed by atoms with van der Waals surface area (Å²) in [6.45, 7) is 0.271. The number of hydrogen-bond donors (Lipinski definition) is 1. The first-order valence-corrected chi connectivity index (χ1v) is 12.2. The Morgan fingerprint density at radius 3 is 2.21 bits per heavy atom. The lowest BCUT2D eigenvalue weighted by atomic mass is 10.0. The maximum absolute atomic E-state index is 12.1. The Kier molecular flexibility index (Phi) is 20.8. The molecule has 2 atom stereocenters. The highest BCUT2D eigenvalue weighted by Gasteiger charge is 2.18. The second-order valence-electron chi connectivity index (χ2n) is 7.79. The van der Waals surface area contributed by atoms with Crippen molar-refractivity contribution in [3.05, 3.63) is 12.2 Å². The molecule has 0 aromatic rings. The van der Waals surface area contributed by atoms with Gasteiger partial charge in [0.15, 0.2) is 0 Å². The minimum atomic E-state index is -0.268. The molecule has 29 heavy (non-hydrogen) atoms. The minimum Gasteiger partial charge on any atom is -0.394 e. The lowest BCUT2D eigenvalue weighted by molar-refractivity contribution is -0.133. The molecule has 0 aromatic carbocycles. The Hall–Kier alpha value is -0.290. The van der Waals surface area contributed by atoms with E-state index in [4.69, 9.17) is 27.9 Å². The number of alkyl halides is 2. The Morgan fingerprint density at radius 1 is 1.00 bits per heavy atom. The van der Waals surface area contributed by atoms with E-state index in [-0.39, 0.29) is 18.6 Å². The molecule has 0 aliphatic rings. The van der Waals surface area contributed by atoms with Crippen molar-refractivity contribution in [1.82, 2.24) is 4.90 Å². The van der Waals surface area contributed by atoms with Gasteiger partial charge in [-0.2, -0.15) is 0 Å². The third-order valence-corrected chi connectivity index (χ3v) is 5.95. The van der Waals surface area contributed by atoms with Gasteiger partial charge in [-0.3, -0.25) is 4.79 Å². The maximum Gasteiger partial charge on any atom is 0.223 e. The van der Waals surface area contributed by atoms with E-state index in [1.807, 2.05) is 0 Å². The molecule has 0 spiro atoms. The molecule has 172 valence electrons. The van der Waals surface area contributed by atoms with Crippen molar-refractivity contribution in [1.29, 1.82) is 0 Å². The number of unbranched alkanes of at least 4 members (excludes halogenated alkanes) is 7. The molecule has 0 aliphatic carbocycles. The summed E-state index contributed by atoms with van der Waals surface area (Å²) in [5, 5.41) is 9.61. The van der Waals surface area contributed by atoms with Crippen LogP contribution in [0.3, 0.4) is 0 Å². The van der Waals surface area contributed by atoms with Crippen molar-refractivity contribution < 1.29 is 14.6 Å². The van der Waals surface area contributed by atoms with E-state index in [2.05, 4.69) is 12.2 Å². The summed E-state index contributed by atoms with van der Waals surface area (Å²) in [5.74, 6) is 0.823. The number of allylic oxidation sites excluding steroid dienone is 2. The first-order chi connectivity index (χ1) is 14.1. The Balaban J connectivity index is 3.60. The fraction of sp³-hybridized carbons (Fsp3) is 0.870. The van der Waals surface area contributed by atoms with Crippen molar-refractivity contribution in [2.75, 3.05) is 33.3 Å². The smallest absolute Gasteiger partial charge is 0.223 e. The number of ether oxygens (including phenoxy) is 1. The number of methoxy groups -OCH3 is 1. The quantitative estimate of drug-likeness (QED) is 0.142. The summed E-state index contributed by atoms with van der Waals surface area (Å²) >= 11 is 12.1. The summed E-state index contributed by atoms with van der Waals surface area (Å²) in [5.41, 5.74) is 0. The Morgan fingerprint density at radius 2 is 1.59 bits per heavy atom. The third kappa shape index (κ3) is 17.1. The molecule has 0 fully saturated rings. The second-order valence-corrected chi connectivity index (χ2v) is 8.78. The summed E-state index contributed by atoms with van der Waals surface area (Å²) in [6, 6.07) is -0.268. The number of likely N-dealkylation sites (N-methyl/N-ethyl adjacent to an activating group) is 1. The van der Waals surface area contributed by atoms with E-state index in [0.29, 0.717) is 18.4 Å². The predicted octanol–water partition coefficient (Wildman–Crippen LogP) is 5.93. The first-order valence-electron chi connectivity index (χ1n) is 11.3. The molecule has 0 aliphatic heterocycles. The molecular weight excluding hydrogens is 409 g/mol. The van der Waals surface area contributed by atoms with Gasteiger partial charge in [0, 0.05) is 31.8 Å². The van der Waals surface area contributed by atoms with E-state index < -0.39 is 0 Å². The van der Waals surface area contributed by atoms with Crippen LogP contribution in [-0.4, -0.2) is 60.6 Å². The van der Waals surface area contributed by atoms with E-state index >= 15 is 0 Å². The van der Waals surface area contributed by atoms with Crippen LogP contribution in [0.4, 0.5) is 0 Å². The summed E-state index contributed by atoms with van der Waals surface area (Å²) < 4.78 is 5.03. The van der Waals surface area contributed by atoms with Gasteiger partial charge in [0.2, 0.25) is 5.91 Å². The predicted molar refractivity (Wildman–Crippen MR) is 125 cm³/mol. The standard InChI is InChI=1S/C23H43Cl2NO3/c1-26(22(19-27)20-29-2)23(28)17-13-9-4-3-7-11-15-21(25)16-12-8-5-6-10-14-18-24/h4,9,21-22,27H,3,5-8,10-20H2,1-2H3/b9-4+/t21-,22+/m1/s1. The van der Waals surface area contributed by atoms with E-state index in [0.717, 1.165) is 50.8 Å². The molecular formula is C23H43Cl2NO3. The molecule has 4 nitrogen and oxygen atoms in total. The van der Waals surface area contributed by atoms with Gasteiger partial charge in [0.1, 0.15) is 0 Å². The number of hydrogen-bond acceptors (Lipinski definition) is 3. The number of aliphatic hydroxyl groups is 1. The van der Waals surface area contributed by atoms with Crippen molar-refractivity contribution in [2.24, 2.45) is 0 Å². The van der Waals surface area contributed by atoms with Gasteiger partial charge in [-0.15, -0.1) is 23.2 Å². The largest absolute Gasteiger partial charge is 0.394 e. The van der Waals surface area contributed by atoms with Crippen molar-refractivity contribution in [3.63, 3.8) is 0 Å². The molecule has 6 heteroatoms. The summed E-state index contributed by atoms with van der Waals surface area (Å²) in [6.07, 6.45) is 18.5. The van der Waals surface area contributed by atoms with Crippen LogP contribution in [-0.2, 0) is 9.53 Å². The maximum atomic E-state index is 12.1. The highest BCUT2D eigenvalue weighted by molar-refractivity contribution is 6.20. The van der Waals surface area contributed by atoms with Gasteiger partial charge in [-0.1, -0.05) is 50.7 Å². The number of rotatable bonds is 20. The van der Waals surface area contributed by atoms with E-state index in [1.54, 1.807) is 19.1 Å². The number of amides is 1. The van der Waals surface area contributed by atoms with Gasteiger partial charge < -0.3 is 14.7 Å². The molecule has 1 N–H and O–H groups in total. The van der Waals surface area contributed by atoms with Gasteiger partial charge in [0.25, 0.3) is 0 Å². The molecule has 0 heterocycles. The number of carbonyl (C=O) groups excluding carboxylic acids is 1. The number of halogens is 2. The molecule has 0 saturated carbocycles. The fourth-order valence-electron chi connectivity index (χ4n) is 3.24. The van der Waals surface area contributed by atoms with Crippen LogP contribution in [0.1, 0.15) is 83.5 Å². The zero-order valence-corrected chi connectivity index (χ0v) is 20.1. The number of carbonyl (C=O) groups is 1. The second kappa shape index (κ2) is 21.0. The topological polar surface area (TPSA) is 49.8 Å². The normalized spacial score (nSPS) is 13.7. The Labute approximate surface area is 189 Å². The molecule has 0 radical (unpaired) electrons. The molecule has 0 rings (SSSR count). The lowest BCUT2D eigenvalue weighted by Gasteiger charge is -2.25. The number of nitrogens with zero attached hydrogens (tertiary/aromatic N) is 1. The molecule has 1 amide bonds. The molecule has 0 unspecified atom stereocenters. The molecule has 0 saturated heterocycles. The number of aliphatic hydroxyl groups excluding tert-OH is 1. The fourth-order valence-corrected chi connectivity index (χ4v) is 3.74. The monoisotopic (exact) mass is 451 g/mol. The van der Waals surface area contributed by atoms with Crippen molar-refractivity contribution >= 4 is 29.1 Å². The average molecular weight is 453 g/mol. The van der Waals surface area contributed by atoms with Crippen molar-refractivity contribution in [2.45, 2.75) is 94.9 Å². The van der Waals surface area contributed by atoms with Crippen LogP contribution in [0, 0.1) is 0 Å². The van der Waals surface area contributed by atoms with Gasteiger partial charge in [-0.05, 0) is 38.5 Å². The summed E-state index contributed by atoms with van der Waals surface area (Å²) in [7, 11) is 3.29. The van der Waals surface area contributed by atoms with Crippen LogP contribution in [0.2, 0.25) is 0 Å². The zero-order valence-electron chi connectivity index (χ0n) is 18.6.